The zero-order chi connectivity index (χ0) is 19.0. The van der Waals surface area contributed by atoms with Crippen LogP contribution in [0.4, 0.5) is 5.69 Å². The predicted octanol–water partition coefficient (Wildman–Crippen LogP) is 3.24. The van der Waals surface area contributed by atoms with Crippen molar-refractivity contribution in [2.45, 2.75) is 39.0 Å². The van der Waals surface area contributed by atoms with E-state index >= 15 is 0 Å². The Balaban J connectivity index is 2.02. The van der Waals surface area contributed by atoms with Gasteiger partial charge >= 0.3 is 5.97 Å². The van der Waals surface area contributed by atoms with E-state index in [1.807, 2.05) is 6.08 Å². The molecule has 1 N–H and O–H groups in total. The topological polar surface area (TPSA) is 98.5 Å². The van der Waals surface area contributed by atoms with E-state index in [9.17, 15) is 19.7 Å². The molecule has 1 heterocycles. The highest BCUT2D eigenvalue weighted by atomic mass is 16.6. The van der Waals surface area contributed by atoms with Crippen molar-refractivity contribution in [2.24, 2.45) is 5.41 Å². The zero-order valence-electron chi connectivity index (χ0n) is 14.9. The number of piperidine rings is 1. The second-order valence-corrected chi connectivity index (χ2v) is 6.49. The van der Waals surface area contributed by atoms with Crippen LogP contribution < -0.4 is 5.32 Å². The molecule has 140 valence electrons. The number of rotatable bonds is 8. The van der Waals surface area contributed by atoms with Crippen molar-refractivity contribution in [1.82, 2.24) is 5.32 Å². The molecule has 7 nitrogen and oxygen atoms in total. The first kappa shape index (κ1) is 19.6. The van der Waals surface area contributed by atoms with Crippen LogP contribution >= 0.6 is 0 Å². The Morgan fingerprint density at radius 1 is 1.38 bits per heavy atom. The fourth-order valence-corrected chi connectivity index (χ4v) is 3.29. The summed E-state index contributed by atoms with van der Waals surface area (Å²) >= 11 is 0. The number of carbonyl (C=O) groups excluding carboxylic acids is 2. The quantitative estimate of drug-likeness (QED) is 0.436. The van der Waals surface area contributed by atoms with Gasteiger partial charge in [-0.25, -0.2) is 0 Å². The Morgan fingerprint density at radius 3 is 2.85 bits per heavy atom. The molecule has 0 aliphatic carbocycles. The van der Waals surface area contributed by atoms with E-state index in [0.717, 1.165) is 12.8 Å². The molecule has 7 heteroatoms. The lowest BCUT2D eigenvalue weighted by Crippen LogP contribution is -2.46. The van der Waals surface area contributed by atoms with Crippen molar-refractivity contribution in [3.8, 4) is 0 Å². The number of nitrogens with one attached hydrogen (secondary N) is 1. The number of ether oxygens (including phenoxy) is 1. The van der Waals surface area contributed by atoms with Gasteiger partial charge in [-0.15, -0.1) is 0 Å². The SMILES string of the molecule is CC(=O)OCCC1(CC/C=C\c2ccccc2[N+](=O)[O-])CCCNC1=O. The number of hydrogen-bond donors (Lipinski definition) is 1. The molecule has 26 heavy (non-hydrogen) atoms. The molecular weight excluding hydrogens is 336 g/mol. The van der Waals surface area contributed by atoms with Crippen LogP contribution in [0.3, 0.4) is 0 Å². The van der Waals surface area contributed by atoms with Crippen molar-refractivity contribution >= 4 is 23.6 Å². The molecule has 1 aliphatic heterocycles. The molecular formula is C19H24N2O5. The maximum atomic E-state index is 12.4. The monoisotopic (exact) mass is 360 g/mol. The molecule has 1 aromatic rings. The maximum absolute atomic E-state index is 12.4. The number of nitro benzene ring substituents is 1. The smallest absolute Gasteiger partial charge is 0.302 e. The third-order valence-corrected chi connectivity index (χ3v) is 4.71. The lowest BCUT2D eigenvalue weighted by molar-refractivity contribution is -0.385. The van der Waals surface area contributed by atoms with Crippen molar-refractivity contribution < 1.29 is 19.2 Å². The molecule has 0 saturated carbocycles. The number of para-hydroxylation sites is 1. The molecule has 0 radical (unpaired) electrons. The van der Waals surface area contributed by atoms with Gasteiger partial charge in [-0.2, -0.15) is 0 Å². The largest absolute Gasteiger partial charge is 0.466 e. The molecule has 2 rings (SSSR count). The van der Waals surface area contributed by atoms with Gasteiger partial charge in [0.25, 0.3) is 5.69 Å². The summed E-state index contributed by atoms with van der Waals surface area (Å²) in [4.78, 5) is 34.1. The molecule has 1 fully saturated rings. The normalized spacial score (nSPS) is 20.0. The van der Waals surface area contributed by atoms with Crippen LogP contribution in [0.2, 0.25) is 0 Å². The van der Waals surface area contributed by atoms with Crippen LogP contribution in [0, 0.1) is 15.5 Å². The second kappa shape index (κ2) is 9.12. The van der Waals surface area contributed by atoms with Crippen molar-refractivity contribution in [1.29, 1.82) is 0 Å². The number of amides is 1. The van der Waals surface area contributed by atoms with Crippen molar-refractivity contribution in [3.05, 3.63) is 46.0 Å². The number of nitro groups is 1. The Kier molecular flexibility index (Phi) is 6.89. The number of nitrogens with zero attached hydrogens (tertiary/aromatic N) is 1. The fourth-order valence-electron chi connectivity index (χ4n) is 3.29. The highest BCUT2D eigenvalue weighted by molar-refractivity contribution is 5.83. The summed E-state index contributed by atoms with van der Waals surface area (Å²) < 4.78 is 5.02. The number of carbonyl (C=O) groups is 2. The predicted molar refractivity (Wildman–Crippen MR) is 97.3 cm³/mol. The lowest BCUT2D eigenvalue weighted by Gasteiger charge is -2.35. The summed E-state index contributed by atoms with van der Waals surface area (Å²) in [5, 5.41) is 13.9. The first-order chi connectivity index (χ1) is 12.4. The van der Waals surface area contributed by atoms with Gasteiger partial charge < -0.3 is 10.1 Å². The first-order valence-corrected chi connectivity index (χ1v) is 8.76. The number of hydrogen-bond acceptors (Lipinski definition) is 5. The van der Waals surface area contributed by atoms with E-state index in [1.165, 1.54) is 13.0 Å². The van der Waals surface area contributed by atoms with E-state index in [2.05, 4.69) is 5.32 Å². The van der Waals surface area contributed by atoms with Gasteiger partial charge in [-0.05, 0) is 38.2 Å². The highest BCUT2D eigenvalue weighted by Crippen LogP contribution is 2.36. The lowest BCUT2D eigenvalue weighted by atomic mass is 9.73. The Morgan fingerprint density at radius 2 is 2.15 bits per heavy atom. The number of esters is 1. The molecule has 1 saturated heterocycles. The Hall–Kier alpha value is -2.70. The Labute approximate surface area is 152 Å². The van der Waals surface area contributed by atoms with Crippen LogP contribution in [0.1, 0.15) is 44.6 Å². The van der Waals surface area contributed by atoms with Crippen LogP contribution in [-0.2, 0) is 14.3 Å². The van der Waals surface area contributed by atoms with Gasteiger partial charge in [0.05, 0.1) is 22.5 Å². The van der Waals surface area contributed by atoms with Crippen LogP contribution in [0.5, 0.6) is 0 Å². The average molecular weight is 360 g/mol. The van der Waals surface area contributed by atoms with Crippen LogP contribution in [0.15, 0.2) is 30.3 Å². The minimum Gasteiger partial charge on any atom is -0.466 e. The van der Waals surface area contributed by atoms with E-state index < -0.39 is 10.3 Å². The summed E-state index contributed by atoms with van der Waals surface area (Å²) in [7, 11) is 0. The van der Waals surface area contributed by atoms with Gasteiger partial charge in [-0.1, -0.05) is 24.3 Å². The molecule has 1 amide bonds. The second-order valence-electron chi connectivity index (χ2n) is 6.49. The summed E-state index contributed by atoms with van der Waals surface area (Å²) in [6, 6.07) is 6.54. The molecule has 1 atom stereocenters. The van der Waals surface area contributed by atoms with Crippen molar-refractivity contribution in [2.75, 3.05) is 13.2 Å². The van der Waals surface area contributed by atoms with E-state index in [4.69, 9.17) is 4.74 Å². The van der Waals surface area contributed by atoms with Gasteiger partial charge in [0.1, 0.15) is 0 Å². The van der Waals surface area contributed by atoms with Gasteiger partial charge in [0, 0.05) is 19.5 Å². The van der Waals surface area contributed by atoms with Gasteiger partial charge in [0.15, 0.2) is 0 Å². The minimum absolute atomic E-state index is 0.00464. The first-order valence-electron chi connectivity index (χ1n) is 8.76. The average Bonchev–Trinajstić information content (AvgIpc) is 2.61. The Bertz CT molecular complexity index is 701. The van der Waals surface area contributed by atoms with Crippen LogP contribution in [0.25, 0.3) is 6.08 Å². The standard InChI is InChI=1S/C19H24N2O5/c1-15(22)26-14-12-19(11-6-13-20-18(19)23)10-5-4-8-16-7-2-3-9-17(16)21(24)25/h2-4,7-9H,5-6,10-14H2,1H3,(H,20,23)/b8-4-. The zero-order valence-corrected chi connectivity index (χ0v) is 14.9. The van der Waals surface area contributed by atoms with Gasteiger partial charge in [0.2, 0.25) is 5.91 Å². The molecule has 0 aromatic heterocycles. The van der Waals surface area contributed by atoms with Gasteiger partial charge in [-0.3, -0.25) is 19.7 Å². The van der Waals surface area contributed by atoms with E-state index in [0.29, 0.717) is 31.4 Å². The third kappa shape index (κ3) is 5.15. The molecule has 1 aliphatic rings. The summed E-state index contributed by atoms with van der Waals surface area (Å²) in [6.07, 6.45) is 6.92. The van der Waals surface area contributed by atoms with E-state index in [1.54, 1.807) is 24.3 Å². The molecule has 0 spiro atoms. The highest BCUT2D eigenvalue weighted by Gasteiger charge is 2.39. The minimum atomic E-state index is -0.555. The molecule has 1 aromatic carbocycles. The summed E-state index contributed by atoms with van der Waals surface area (Å²) in [5.74, 6) is -0.359. The third-order valence-electron chi connectivity index (χ3n) is 4.71. The van der Waals surface area contributed by atoms with Crippen LogP contribution in [-0.4, -0.2) is 30.0 Å². The molecule has 0 bridgehead atoms. The summed E-state index contributed by atoms with van der Waals surface area (Å²) in [6.45, 7) is 2.24. The van der Waals surface area contributed by atoms with E-state index in [-0.39, 0.29) is 24.2 Å². The molecule has 1 unspecified atom stereocenters. The number of benzene rings is 1. The maximum Gasteiger partial charge on any atom is 0.302 e. The fraction of sp³-hybridized carbons (Fsp3) is 0.474. The summed E-state index contributed by atoms with van der Waals surface area (Å²) in [5.41, 5.74) is 0.0454. The van der Waals surface area contributed by atoms with Crippen molar-refractivity contribution in [3.63, 3.8) is 0 Å². The number of allylic oxidation sites excluding steroid dienone is 1.